The van der Waals surface area contributed by atoms with Crippen molar-refractivity contribution >= 4 is 22.2 Å². The van der Waals surface area contributed by atoms with Crippen molar-refractivity contribution in [1.29, 1.82) is 0 Å². The van der Waals surface area contributed by atoms with E-state index in [1.165, 1.54) is 13.8 Å². The molecule has 0 bridgehead atoms. The lowest BCUT2D eigenvalue weighted by Gasteiger charge is -2.40. The van der Waals surface area contributed by atoms with Crippen LogP contribution in [0, 0.1) is 0 Å². The predicted octanol–water partition coefficient (Wildman–Crippen LogP) is 4.73. The summed E-state index contributed by atoms with van der Waals surface area (Å²) in [5.41, 5.74) is -2.31. The van der Waals surface area contributed by atoms with Crippen molar-refractivity contribution in [2.45, 2.75) is 31.1 Å². The Labute approximate surface area is 135 Å². The normalized spacial score (nSPS) is 15.2. The second-order valence-corrected chi connectivity index (χ2v) is 7.47. The molecule has 0 fully saturated rings. The van der Waals surface area contributed by atoms with E-state index < -0.39 is 32.5 Å². The van der Waals surface area contributed by atoms with Gasteiger partial charge in [-0.3, -0.25) is 9.59 Å². The van der Waals surface area contributed by atoms with E-state index in [-0.39, 0.29) is 30.9 Å². The van der Waals surface area contributed by atoms with E-state index in [2.05, 4.69) is 0 Å². The molecule has 0 saturated heterocycles. The lowest BCUT2D eigenvalue weighted by Crippen LogP contribution is -2.43. The average Bonchev–Trinajstić information content (AvgIpc) is 2.44. The molecule has 1 rings (SSSR count). The summed E-state index contributed by atoms with van der Waals surface area (Å²) in [4.78, 5) is 22.1. The van der Waals surface area contributed by atoms with Crippen LogP contribution in [0.3, 0.4) is 0 Å². The molecule has 0 unspecified atom stereocenters. The fourth-order valence-corrected chi connectivity index (χ4v) is 2.57. The Balaban J connectivity index is 3.42. The number of hydrogen-bond acceptors (Lipinski definition) is 4. The molecule has 0 aliphatic rings. The summed E-state index contributed by atoms with van der Waals surface area (Å²) in [5.74, 6) is -2.10. The van der Waals surface area contributed by atoms with Gasteiger partial charge in [0.2, 0.25) is 0 Å². The molecule has 0 aromatic heterocycles. The van der Waals surface area contributed by atoms with Crippen molar-refractivity contribution in [3.05, 3.63) is 29.8 Å². The van der Waals surface area contributed by atoms with Crippen LogP contribution in [-0.2, 0) is 24.5 Å². The fourth-order valence-electron chi connectivity index (χ4n) is 1.92. The van der Waals surface area contributed by atoms with E-state index in [0.717, 1.165) is 6.92 Å². The van der Waals surface area contributed by atoms with Crippen molar-refractivity contribution in [1.82, 2.24) is 0 Å². The van der Waals surface area contributed by atoms with Gasteiger partial charge in [-0.1, -0.05) is 31.6 Å². The summed E-state index contributed by atoms with van der Waals surface area (Å²) in [5, 5.41) is 0. The number of benzene rings is 1. The molecule has 138 valence electrons. The first-order chi connectivity index (χ1) is 10.7. The third kappa shape index (κ3) is 4.16. The highest BCUT2D eigenvalue weighted by atomic mass is 32.5. The van der Waals surface area contributed by atoms with Crippen LogP contribution in [0.2, 0.25) is 0 Å². The van der Waals surface area contributed by atoms with Crippen molar-refractivity contribution in [2.24, 2.45) is 0 Å². The van der Waals surface area contributed by atoms with E-state index in [9.17, 15) is 29.0 Å². The van der Waals surface area contributed by atoms with Gasteiger partial charge in [0, 0.05) is 0 Å². The highest BCUT2D eigenvalue weighted by molar-refractivity contribution is 8.45. The van der Waals surface area contributed by atoms with Gasteiger partial charge in [-0.15, -0.1) is 0 Å². The van der Waals surface area contributed by atoms with E-state index in [0.29, 0.717) is 12.1 Å². The van der Waals surface area contributed by atoms with Gasteiger partial charge in [-0.2, -0.15) is 0 Å². The molecule has 0 radical (unpaired) electrons. The number of hydrogen-bond donors (Lipinski definition) is 0. The van der Waals surface area contributed by atoms with Gasteiger partial charge in [0.25, 0.3) is 0 Å². The molecule has 4 nitrogen and oxygen atoms in total. The standard InChI is InChI=1S/C14H17F5O4S/c1-4-22-12(20)14(3,13(21)23-5-2)10-6-8-11(9-7-10)24(15,16,17,18)19/h6-9H,4-5H2,1-3H3. The van der Waals surface area contributed by atoms with Gasteiger partial charge >= 0.3 is 22.2 Å². The van der Waals surface area contributed by atoms with Crippen LogP contribution in [0.5, 0.6) is 0 Å². The number of carbonyl (C=O) groups excluding carboxylic acids is 2. The molecule has 0 heterocycles. The van der Waals surface area contributed by atoms with Gasteiger partial charge in [0.1, 0.15) is 4.90 Å². The zero-order chi connectivity index (χ0) is 18.9. The zero-order valence-corrected chi connectivity index (χ0v) is 14.0. The first kappa shape index (κ1) is 20.2. The number of esters is 2. The van der Waals surface area contributed by atoms with E-state index in [1.807, 2.05) is 0 Å². The van der Waals surface area contributed by atoms with E-state index in [1.54, 1.807) is 0 Å². The molecule has 0 atom stereocenters. The number of halogens is 5. The maximum Gasteiger partial charge on any atom is 0.327 e. The maximum atomic E-state index is 12.8. The molecule has 0 N–H and O–H groups in total. The molecular formula is C14H17F5O4S. The summed E-state index contributed by atoms with van der Waals surface area (Å²) < 4.78 is 73.3. The quantitative estimate of drug-likeness (QED) is 0.409. The first-order valence-electron chi connectivity index (χ1n) is 6.86. The van der Waals surface area contributed by atoms with Gasteiger partial charge in [0.15, 0.2) is 5.41 Å². The summed E-state index contributed by atoms with van der Waals surface area (Å²) >= 11 is 0. The molecule has 0 aliphatic carbocycles. The minimum absolute atomic E-state index is 0.0859. The molecule has 0 saturated carbocycles. The van der Waals surface area contributed by atoms with Gasteiger partial charge in [-0.25, -0.2) is 0 Å². The minimum Gasteiger partial charge on any atom is -0.465 e. The van der Waals surface area contributed by atoms with Crippen LogP contribution in [-0.4, -0.2) is 25.2 Å². The lowest BCUT2D eigenvalue weighted by molar-refractivity contribution is -0.163. The maximum absolute atomic E-state index is 12.8. The smallest absolute Gasteiger partial charge is 0.327 e. The van der Waals surface area contributed by atoms with Crippen LogP contribution in [0.25, 0.3) is 0 Å². The minimum atomic E-state index is -9.84. The van der Waals surface area contributed by atoms with E-state index >= 15 is 0 Å². The first-order valence-corrected chi connectivity index (χ1v) is 8.81. The lowest BCUT2D eigenvalue weighted by atomic mass is 9.82. The number of ether oxygens (including phenoxy) is 2. The molecule has 1 aromatic rings. The molecule has 24 heavy (non-hydrogen) atoms. The number of carbonyl (C=O) groups is 2. The van der Waals surface area contributed by atoms with Crippen LogP contribution in [0.15, 0.2) is 29.2 Å². The highest BCUT2D eigenvalue weighted by Gasteiger charge is 2.65. The van der Waals surface area contributed by atoms with Crippen molar-refractivity contribution in [2.75, 3.05) is 13.2 Å². The average molecular weight is 376 g/mol. The number of rotatable bonds is 6. The third-order valence-electron chi connectivity index (χ3n) is 3.24. The molecule has 1 aromatic carbocycles. The Hall–Kier alpha value is -1.84. The Kier molecular flexibility index (Phi) is 4.72. The monoisotopic (exact) mass is 376 g/mol. The summed E-state index contributed by atoms with van der Waals surface area (Å²) in [6, 6.07) is 1.54. The van der Waals surface area contributed by atoms with Gasteiger partial charge in [0.05, 0.1) is 13.2 Å². The van der Waals surface area contributed by atoms with Crippen LogP contribution >= 0.6 is 10.2 Å². The van der Waals surface area contributed by atoms with Crippen LogP contribution in [0.4, 0.5) is 19.4 Å². The SMILES string of the molecule is CCOC(=O)C(C)(C(=O)OCC)c1ccc(S(F)(F)(F)(F)F)cc1. The second kappa shape index (κ2) is 5.61. The van der Waals surface area contributed by atoms with Crippen LogP contribution < -0.4 is 0 Å². The predicted molar refractivity (Wildman–Crippen MR) is 78.5 cm³/mol. The van der Waals surface area contributed by atoms with E-state index in [4.69, 9.17) is 9.47 Å². The molecule has 0 aliphatic heterocycles. The molecule has 0 amide bonds. The van der Waals surface area contributed by atoms with Crippen molar-refractivity contribution in [3.63, 3.8) is 0 Å². The Morgan fingerprint density at radius 3 is 1.58 bits per heavy atom. The Morgan fingerprint density at radius 2 is 1.29 bits per heavy atom. The van der Waals surface area contributed by atoms with Crippen molar-refractivity contribution < 1.29 is 38.5 Å². The van der Waals surface area contributed by atoms with Crippen LogP contribution in [0.1, 0.15) is 26.3 Å². The Morgan fingerprint density at radius 1 is 0.917 bits per heavy atom. The van der Waals surface area contributed by atoms with Gasteiger partial charge < -0.3 is 9.47 Å². The van der Waals surface area contributed by atoms with Crippen molar-refractivity contribution in [3.8, 4) is 0 Å². The summed E-state index contributed by atoms with van der Waals surface area (Å²) in [7, 11) is -9.84. The molecular weight excluding hydrogens is 359 g/mol. The molecule has 0 spiro atoms. The molecule has 10 heteroatoms. The summed E-state index contributed by atoms with van der Waals surface area (Å²) in [6.45, 7) is 3.87. The zero-order valence-electron chi connectivity index (χ0n) is 13.2. The third-order valence-corrected chi connectivity index (χ3v) is 4.41. The second-order valence-electron chi connectivity index (χ2n) is 5.06. The fraction of sp³-hybridized carbons (Fsp3) is 0.429. The topological polar surface area (TPSA) is 52.6 Å². The largest absolute Gasteiger partial charge is 0.465 e. The highest BCUT2D eigenvalue weighted by Crippen LogP contribution is 3.02. The summed E-state index contributed by atoms with van der Waals surface area (Å²) in [6.07, 6.45) is 0. The van der Waals surface area contributed by atoms with Gasteiger partial charge in [-0.05, 0) is 38.5 Å². The Bertz CT molecular complexity index is 621.